The fourth-order valence-electron chi connectivity index (χ4n) is 2.36. The predicted molar refractivity (Wildman–Crippen MR) is 70.4 cm³/mol. The van der Waals surface area contributed by atoms with Gasteiger partial charge in [0.2, 0.25) is 5.91 Å². The second kappa shape index (κ2) is 5.14. The molecule has 0 spiro atoms. The molecule has 0 radical (unpaired) electrons. The summed E-state index contributed by atoms with van der Waals surface area (Å²) in [4.78, 5) is 14.1. The fraction of sp³-hybridized carbons (Fsp3) is 0.643. The number of carbonyl (C=O) groups is 1. The van der Waals surface area contributed by atoms with Crippen molar-refractivity contribution in [3.8, 4) is 0 Å². The van der Waals surface area contributed by atoms with Gasteiger partial charge in [-0.1, -0.05) is 0 Å². The molecule has 18 heavy (non-hydrogen) atoms. The van der Waals surface area contributed by atoms with Gasteiger partial charge in [-0.15, -0.1) is 0 Å². The molecular weight excluding hydrogens is 228 g/mol. The Kier molecular flexibility index (Phi) is 3.76. The van der Waals surface area contributed by atoms with E-state index in [9.17, 15) is 4.79 Å². The zero-order chi connectivity index (χ0) is 13.2. The van der Waals surface area contributed by atoms with Gasteiger partial charge < -0.3 is 14.6 Å². The summed E-state index contributed by atoms with van der Waals surface area (Å²) in [5, 5.41) is 3.12. The average molecular weight is 250 g/mol. The van der Waals surface area contributed by atoms with E-state index in [2.05, 4.69) is 5.32 Å². The van der Waals surface area contributed by atoms with Crippen LogP contribution in [0.3, 0.4) is 0 Å². The third-order valence-corrected chi connectivity index (χ3v) is 3.66. The third-order valence-electron chi connectivity index (χ3n) is 3.66. The summed E-state index contributed by atoms with van der Waals surface area (Å²) < 4.78 is 5.51. The summed E-state index contributed by atoms with van der Waals surface area (Å²) >= 11 is 0. The summed E-state index contributed by atoms with van der Waals surface area (Å²) in [6.45, 7) is 3.44. The van der Waals surface area contributed by atoms with Crippen molar-refractivity contribution in [3.05, 3.63) is 23.7 Å². The minimum atomic E-state index is -0.122. The number of amides is 1. The summed E-state index contributed by atoms with van der Waals surface area (Å²) in [7, 11) is 3.78. The van der Waals surface area contributed by atoms with Gasteiger partial charge in [0.25, 0.3) is 0 Å². The SMILES string of the molecule is CNCC1(C(=O)N(C)CCc2ccc(C)o2)CC1. The molecule has 0 aromatic carbocycles. The Balaban J connectivity index is 1.84. The highest BCUT2D eigenvalue weighted by Crippen LogP contribution is 2.46. The van der Waals surface area contributed by atoms with Crippen molar-refractivity contribution < 1.29 is 9.21 Å². The van der Waals surface area contributed by atoms with Crippen LogP contribution < -0.4 is 5.32 Å². The normalized spacial score (nSPS) is 16.6. The lowest BCUT2D eigenvalue weighted by Gasteiger charge is -2.23. The van der Waals surface area contributed by atoms with Gasteiger partial charge in [-0.25, -0.2) is 0 Å². The summed E-state index contributed by atoms with van der Waals surface area (Å²) in [6.07, 6.45) is 2.81. The smallest absolute Gasteiger partial charge is 0.229 e. The van der Waals surface area contributed by atoms with Crippen molar-refractivity contribution >= 4 is 5.91 Å². The lowest BCUT2D eigenvalue weighted by molar-refractivity contribution is -0.135. The van der Waals surface area contributed by atoms with E-state index in [4.69, 9.17) is 4.42 Å². The third kappa shape index (κ3) is 2.75. The van der Waals surface area contributed by atoms with Crippen LogP contribution in [-0.4, -0.2) is 38.0 Å². The zero-order valence-corrected chi connectivity index (χ0v) is 11.5. The first-order valence-corrected chi connectivity index (χ1v) is 6.53. The molecule has 0 bridgehead atoms. The monoisotopic (exact) mass is 250 g/mol. The number of hydrogen-bond acceptors (Lipinski definition) is 3. The molecule has 1 aliphatic rings. The van der Waals surface area contributed by atoms with Gasteiger partial charge >= 0.3 is 0 Å². The molecule has 1 fully saturated rings. The molecule has 1 heterocycles. The molecule has 2 rings (SSSR count). The minimum Gasteiger partial charge on any atom is -0.466 e. The number of nitrogens with zero attached hydrogens (tertiary/aromatic N) is 1. The Morgan fingerprint density at radius 1 is 1.50 bits per heavy atom. The Labute approximate surface area is 108 Å². The second-order valence-corrected chi connectivity index (χ2v) is 5.30. The van der Waals surface area contributed by atoms with Gasteiger partial charge in [0, 0.05) is 26.6 Å². The molecule has 1 aromatic heterocycles. The lowest BCUT2D eigenvalue weighted by atomic mass is 10.1. The number of likely N-dealkylation sites (N-methyl/N-ethyl adjacent to an activating group) is 1. The van der Waals surface area contributed by atoms with Crippen LogP contribution in [0, 0.1) is 12.3 Å². The average Bonchev–Trinajstić information content (AvgIpc) is 3.01. The number of hydrogen-bond donors (Lipinski definition) is 1. The van der Waals surface area contributed by atoms with Gasteiger partial charge in [-0.3, -0.25) is 4.79 Å². The predicted octanol–water partition coefficient (Wildman–Crippen LogP) is 1.59. The van der Waals surface area contributed by atoms with E-state index in [0.717, 1.165) is 43.9 Å². The van der Waals surface area contributed by atoms with Crippen LogP contribution in [-0.2, 0) is 11.2 Å². The van der Waals surface area contributed by atoms with Gasteiger partial charge in [-0.05, 0) is 38.9 Å². The number of nitrogens with one attached hydrogen (secondary N) is 1. The standard InChI is InChI=1S/C14H22N2O2/c1-11-4-5-12(18-11)6-9-16(3)13(17)14(7-8-14)10-15-2/h4-5,15H,6-10H2,1-3H3. The van der Waals surface area contributed by atoms with E-state index in [1.165, 1.54) is 0 Å². The molecule has 1 saturated carbocycles. The van der Waals surface area contributed by atoms with Crippen molar-refractivity contribution in [2.45, 2.75) is 26.2 Å². The fourth-order valence-corrected chi connectivity index (χ4v) is 2.36. The van der Waals surface area contributed by atoms with Crippen molar-refractivity contribution in [2.24, 2.45) is 5.41 Å². The first-order chi connectivity index (χ1) is 8.57. The minimum absolute atomic E-state index is 0.122. The Morgan fingerprint density at radius 2 is 2.22 bits per heavy atom. The molecular formula is C14H22N2O2. The lowest BCUT2D eigenvalue weighted by Crippen LogP contribution is -2.39. The van der Waals surface area contributed by atoms with E-state index in [-0.39, 0.29) is 11.3 Å². The van der Waals surface area contributed by atoms with Crippen LogP contribution in [0.1, 0.15) is 24.4 Å². The molecule has 1 amide bonds. The summed E-state index contributed by atoms with van der Waals surface area (Å²) in [5.74, 6) is 2.14. The summed E-state index contributed by atoms with van der Waals surface area (Å²) in [6, 6.07) is 3.94. The first kappa shape index (κ1) is 13.1. The van der Waals surface area contributed by atoms with Gasteiger partial charge in [0.15, 0.2) is 0 Å². The highest BCUT2D eigenvalue weighted by Gasteiger charge is 2.50. The Hall–Kier alpha value is -1.29. The topological polar surface area (TPSA) is 45.5 Å². The first-order valence-electron chi connectivity index (χ1n) is 6.53. The highest BCUT2D eigenvalue weighted by atomic mass is 16.3. The molecule has 4 heteroatoms. The van der Waals surface area contributed by atoms with Crippen molar-refractivity contribution in [2.75, 3.05) is 27.2 Å². The van der Waals surface area contributed by atoms with Crippen molar-refractivity contribution in [3.63, 3.8) is 0 Å². The quantitative estimate of drug-likeness (QED) is 0.834. The zero-order valence-electron chi connectivity index (χ0n) is 11.5. The molecule has 1 N–H and O–H groups in total. The van der Waals surface area contributed by atoms with E-state index in [1.807, 2.05) is 38.1 Å². The number of aryl methyl sites for hydroxylation is 1. The van der Waals surface area contributed by atoms with E-state index < -0.39 is 0 Å². The van der Waals surface area contributed by atoms with Crippen LogP contribution in [0.15, 0.2) is 16.5 Å². The number of rotatable bonds is 6. The van der Waals surface area contributed by atoms with E-state index >= 15 is 0 Å². The Bertz CT molecular complexity index is 421. The summed E-state index contributed by atoms with van der Waals surface area (Å²) in [5.41, 5.74) is -0.122. The largest absolute Gasteiger partial charge is 0.466 e. The van der Waals surface area contributed by atoms with E-state index in [1.54, 1.807) is 0 Å². The number of carbonyl (C=O) groups excluding carboxylic acids is 1. The van der Waals surface area contributed by atoms with E-state index in [0.29, 0.717) is 0 Å². The Morgan fingerprint density at radius 3 is 2.72 bits per heavy atom. The molecule has 0 saturated heterocycles. The van der Waals surface area contributed by atoms with Gasteiger partial charge in [0.05, 0.1) is 5.41 Å². The molecule has 0 aliphatic heterocycles. The van der Waals surface area contributed by atoms with Crippen LogP contribution in [0.2, 0.25) is 0 Å². The van der Waals surface area contributed by atoms with Crippen molar-refractivity contribution in [1.82, 2.24) is 10.2 Å². The van der Waals surface area contributed by atoms with Crippen LogP contribution in [0.4, 0.5) is 0 Å². The molecule has 100 valence electrons. The van der Waals surface area contributed by atoms with Crippen molar-refractivity contribution in [1.29, 1.82) is 0 Å². The maximum Gasteiger partial charge on any atom is 0.229 e. The molecule has 0 unspecified atom stereocenters. The molecule has 4 nitrogen and oxygen atoms in total. The van der Waals surface area contributed by atoms with Crippen LogP contribution in [0.25, 0.3) is 0 Å². The maximum absolute atomic E-state index is 12.3. The highest BCUT2D eigenvalue weighted by molar-refractivity contribution is 5.85. The number of furan rings is 1. The van der Waals surface area contributed by atoms with Crippen LogP contribution in [0.5, 0.6) is 0 Å². The van der Waals surface area contributed by atoms with Gasteiger partial charge in [-0.2, -0.15) is 0 Å². The molecule has 1 aliphatic carbocycles. The second-order valence-electron chi connectivity index (χ2n) is 5.30. The maximum atomic E-state index is 12.3. The molecule has 1 aromatic rings. The van der Waals surface area contributed by atoms with Gasteiger partial charge in [0.1, 0.15) is 11.5 Å². The molecule has 0 atom stereocenters. The van der Waals surface area contributed by atoms with Crippen LogP contribution >= 0.6 is 0 Å².